The summed E-state index contributed by atoms with van der Waals surface area (Å²) in [5, 5.41) is 9.43. The van der Waals surface area contributed by atoms with Crippen LogP contribution in [0.5, 0.6) is 0 Å². The molecule has 0 spiro atoms. The van der Waals surface area contributed by atoms with Gasteiger partial charge in [0.05, 0.1) is 5.56 Å². The van der Waals surface area contributed by atoms with Crippen molar-refractivity contribution in [2.24, 2.45) is 0 Å². The normalized spacial score (nSPS) is 16.0. The molecular formula is C19H22F3N3S. The number of thioether (sulfide) groups is 1. The van der Waals surface area contributed by atoms with Gasteiger partial charge >= 0.3 is 6.18 Å². The van der Waals surface area contributed by atoms with Gasteiger partial charge in [-0.15, -0.1) is 16.8 Å². The summed E-state index contributed by atoms with van der Waals surface area (Å²) >= 11 is 1.42. The van der Waals surface area contributed by atoms with Crippen molar-refractivity contribution in [2.75, 3.05) is 0 Å². The van der Waals surface area contributed by atoms with E-state index in [-0.39, 0.29) is 0 Å². The molecule has 1 aromatic heterocycles. The molecule has 0 aliphatic heterocycles. The predicted molar refractivity (Wildman–Crippen MR) is 97.1 cm³/mol. The fraction of sp³-hybridized carbons (Fsp3) is 0.474. The maximum absolute atomic E-state index is 12.9. The van der Waals surface area contributed by atoms with Crippen molar-refractivity contribution >= 4 is 11.8 Å². The van der Waals surface area contributed by atoms with Gasteiger partial charge in [0, 0.05) is 18.2 Å². The first-order valence-corrected chi connectivity index (χ1v) is 9.80. The summed E-state index contributed by atoms with van der Waals surface area (Å²) < 4.78 is 40.6. The van der Waals surface area contributed by atoms with Crippen LogP contribution in [0.1, 0.15) is 55.0 Å². The van der Waals surface area contributed by atoms with Crippen LogP contribution in [0.25, 0.3) is 0 Å². The van der Waals surface area contributed by atoms with Crippen LogP contribution in [-0.4, -0.2) is 14.8 Å². The minimum absolute atomic E-state index is 0.416. The van der Waals surface area contributed by atoms with Gasteiger partial charge in [-0.05, 0) is 24.5 Å². The molecule has 0 unspecified atom stereocenters. The Kier molecular flexibility index (Phi) is 6.06. The summed E-state index contributed by atoms with van der Waals surface area (Å²) in [5.41, 5.74) is 0.00301. The van der Waals surface area contributed by atoms with Crippen molar-refractivity contribution in [1.29, 1.82) is 0 Å². The second-order valence-corrected chi connectivity index (χ2v) is 7.50. The van der Waals surface area contributed by atoms with Crippen molar-refractivity contribution in [3.05, 3.63) is 53.9 Å². The van der Waals surface area contributed by atoms with Crippen LogP contribution in [0.2, 0.25) is 0 Å². The lowest BCUT2D eigenvalue weighted by atomic mass is 9.89. The van der Waals surface area contributed by atoms with Gasteiger partial charge in [0.25, 0.3) is 0 Å². The molecular weight excluding hydrogens is 359 g/mol. The molecule has 26 heavy (non-hydrogen) atoms. The van der Waals surface area contributed by atoms with E-state index < -0.39 is 11.7 Å². The molecule has 0 radical (unpaired) electrons. The maximum Gasteiger partial charge on any atom is 0.416 e. The summed E-state index contributed by atoms with van der Waals surface area (Å²) in [6, 6.07) is 5.44. The number of hydrogen-bond acceptors (Lipinski definition) is 3. The number of alkyl halides is 3. The maximum atomic E-state index is 12.9. The van der Waals surface area contributed by atoms with Crippen molar-refractivity contribution in [1.82, 2.24) is 14.8 Å². The van der Waals surface area contributed by atoms with E-state index in [4.69, 9.17) is 0 Å². The Hall–Kier alpha value is -1.76. The molecule has 0 amide bonds. The van der Waals surface area contributed by atoms with Crippen LogP contribution in [0, 0.1) is 0 Å². The first-order valence-electron chi connectivity index (χ1n) is 8.82. The van der Waals surface area contributed by atoms with Crippen molar-refractivity contribution in [3.8, 4) is 0 Å². The summed E-state index contributed by atoms with van der Waals surface area (Å²) in [4.78, 5) is 0. The summed E-state index contributed by atoms with van der Waals surface area (Å²) in [5.74, 6) is 1.82. The first kappa shape index (κ1) is 19.0. The van der Waals surface area contributed by atoms with E-state index in [1.165, 1.54) is 43.2 Å². The smallest absolute Gasteiger partial charge is 0.302 e. The zero-order valence-electron chi connectivity index (χ0n) is 14.5. The number of allylic oxidation sites excluding steroid dienone is 1. The van der Waals surface area contributed by atoms with E-state index in [2.05, 4.69) is 21.3 Å². The van der Waals surface area contributed by atoms with Crippen molar-refractivity contribution < 1.29 is 13.2 Å². The number of aromatic nitrogens is 3. The van der Waals surface area contributed by atoms with Crippen LogP contribution >= 0.6 is 11.8 Å². The summed E-state index contributed by atoms with van der Waals surface area (Å²) in [7, 11) is 0. The highest BCUT2D eigenvalue weighted by Crippen LogP contribution is 2.34. The highest BCUT2D eigenvalue weighted by Gasteiger charge is 2.30. The predicted octanol–water partition coefficient (Wildman–Crippen LogP) is 5.82. The number of rotatable bonds is 6. The van der Waals surface area contributed by atoms with E-state index in [0.29, 0.717) is 23.8 Å². The fourth-order valence-corrected chi connectivity index (χ4v) is 4.25. The molecule has 1 heterocycles. The Morgan fingerprint density at radius 2 is 1.96 bits per heavy atom. The molecule has 1 aliphatic carbocycles. The molecule has 1 saturated carbocycles. The van der Waals surface area contributed by atoms with Gasteiger partial charge in [-0.1, -0.05) is 55.3 Å². The largest absolute Gasteiger partial charge is 0.416 e. The lowest BCUT2D eigenvalue weighted by Gasteiger charge is -2.21. The van der Waals surface area contributed by atoms with Crippen LogP contribution in [0.15, 0.2) is 42.1 Å². The molecule has 0 atom stereocenters. The van der Waals surface area contributed by atoms with Gasteiger partial charge in [0.15, 0.2) is 5.16 Å². The summed E-state index contributed by atoms with van der Waals surface area (Å²) in [6.45, 7) is 4.42. The molecule has 3 nitrogen and oxygen atoms in total. The molecule has 1 aliphatic rings. The average Bonchev–Trinajstić information content (AvgIpc) is 3.03. The van der Waals surface area contributed by atoms with E-state index >= 15 is 0 Å². The highest BCUT2D eigenvalue weighted by molar-refractivity contribution is 7.98. The number of nitrogens with zero attached hydrogens (tertiary/aromatic N) is 3. The van der Waals surface area contributed by atoms with Gasteiger partial charge in [-0.2, -0.15) is 13.2 Å². The van der Waals surface area contributed by atoms with Gasteiger partial charge in [-0.25, -0.2) is 0 Å². The van der Waals surface area contributed by atoms with E-state index in [1.807, 2.05) is 6.08 Å². The SMILES string of the molecule is C=CCn1c(SCc2cccc(C(F)(F)F)c2)nnc1C1CCCCC1. The second kappa shape index (κ2) is 8.29. The monoisotopic (exact) mass is 381 g/mol. The van der Waals surface area contributed by atoms with Gasteiger partial charge in [0.1, 0.15) is 5.82 Å². The Morgan fingerprint density at radius 3 is 2.65 bits per heavy atom. The fourth-order valence-electron chi connectivity index (χ4n) is 3.36. The molecule has 0 N–H and O–H groups in total. The van der Waals surface area contributed by atoms with Crippen LogP contribution in [0.3, 0.4) is 0 Å². The molecule has 0 saturated heterocycles. The molecule has 140 valence electrons. The quantitative estimate of drug-likeness (QED) is 0.466. The van der Waals surface area contributed by atoms with Gasteiger partial charge in [-0.3, -0.25) is 0 Å². The van der Waals surface area contributed by atoms with E-state index in [9.17, 15) is 13.2 Å². The third-order valence-electron chi connectivity index (χ3n) is 4.65. The minimum atomic E-state index is -4.32. The molecule has 1 fully saturated rings. The lowest BCUT2D eigenvalue weighted by Crippen LogP contribution is -2.12. The minimum Gasteiger partial charge on any atom is -0.302 e. The van der Waals surface area contributed by atoms with Gasteiger partial charge < -0.3 is 4.57 Å². The van der Waals surface area contributed by atoms with E-state index in [0.717, 1.165) is 29.9 Å². The second-order valence-electron chi connectivity index (χ2n) is 6.56. The molecule has 2 aromatic rings. The first-order chi connectivity index (χ1) is 12.5. The van der Waals surface area contributed by atoms with Crippen LogP contribution < -0.4 is 0 Å². The van der Waals surface area contributed by atoms with Crippen LogP contribution in [0.4, 0.5) is 13.2 Å². The number of benzene rings is 1. The average molecular weight is 381 g/mol. The highest BCUT2D eigenvalue weighted by atomic mass is 32.2. The zero-order valence-corrected chi connectivity index (χ0v) is 15.3. The Balaban J connectivity index is 1.75. The Labute approximate surface area is 155 Å². The van der Waals surface area contributed by atoms with Crippen LogP contribution in [-0.2, 0) is 18.5 Å². The zero-order chi connectivity index (χ0) is 18.6. The third-order valence-corrected chi connectivity index (χ3v) is 5.69. The van der Waals surface area contributed by atoms with Crippen molar-refractivity contribution in [2.45, 2.75) is 61.7 Å². The number of hydrogen-bond donors (Lipinski definition) is 0. The Morgan fingerprint density at radius 1 is 1.19 bits per heavy atom. The molecule has 3 rings (SSSR count). The third kappa shape index (κ3) is 4.50. The molecule has 7 heteroatoms. The standard InChI is InChI=1S/C19H22F3N3S/c1-2-11-25-17(15-8-4-3-5-9-15)23-24-18(25)26-13-14-7-6-10-16(12-14)19(20,21)22/h2,6-7,10,12,15H,1,3-5,8-9,11,13H2. The molecule has 0 bridgehead atoms. The molecule has 1 aromatic carbocycles. The lowest BCUT2D eigenvalue weighted by molar-refractivity contribution is -0.137. The Bertz CT molecular complexity index is 749. The topological polar surface area (TPSA) is 30.7 Å². The van der Waals surface area contributed by atoms with Gasteiger partial charge in [0.2, 0.25) is 0 Å². The van der Waals surface area contributed by atoms with Crippen molar-refractivity contribution in [3.63, 3.8) is 0 Å². The summed E-state index contributed by atoms with van der Waals surface area (Å²) in [6.07, 6.45) is 3.41. The number of halogens is 3. The van der Waals surface area contributed by atoms with E-state index in [1.54, 1.807) is 6.07 Å².